The summed E-state index contributed by atoms with van der Waals surface area (Å²) in [7, 11) is 0. The maximum absolute atomic E-state index is 13.3. The Morgan fingerprint density at radius 2 is 1.62 bits per heavy atom. The van der Waals surface area contributed by atoms with Gasteiger partial charge in [0.05, 0.1) is 0 Å². The first-order valence-corrected chi connectivity index (χ1v) is 13.8. The molecule has 0 atom stereocenters. The molecule has 1 aromatic carbocycles. The predicted octanol–water partition coefficient (Wildman–Crippen LogP) is 4.96. The van der Waals surface area contributed by atoms with E-state index in [1.54, 1.807) is 0 Å². The van der Waals surface area contributed by atoms with Crippen LogP contribution in [0, 0.1) is 12.8 Å². The minimum atomic E-state index is -0.0509. The van der Waals surface area contributed by atoms with Crippen molar-refractivity contribution in [2.75, 3.05) is 26.2 Å². The lowest BCUT2D eigenvalue weighted by Gasteiger charge is -2.41. The first kappa shape index (κ1) is 27.2. The highest BCUT2D eigenvalue weighted by Crippen LogP contribution is 2.27. The molecular formula is C30H42N4O3. The highest BCUT2D eigenvalue weighted by molar-refractivity contribution is 5.94. The number of ether oxygens (including phenoxy) is 1. The van der Waals surface area contributed by atoms with E-state index in [-0.39, 0.29) is 17.2 Å². The topological polar surface area (TPSA) is 75.6 Å². The SMILES string of the molecule is CCC(=O)C1CCN(C2CCN(C(=O)c3ncnc(OCc4ccc(C(C)(C)C)cc4)c3C)CC2)CC1. The summed E-state index contributed by atoms with van der Waals surface area (Å²) in [5.41, 5.74) is 3.55. The van der Waals surface area contributed by atoms with Gasteiger partial charge < -0.3 is 14.5 Å². The molecule has 0 spiro atoms. The van der Waals surface area contributed by atoms with Crippen LogP contribution in [-0.4, -0.2) is 63.7 Å². The number of benzene rings is 1. The van der Waals surface area contributed by atoms with Gasteiger partial charge in [-0.25, -0.2) is 9.97 Å². The Balaban J connectivity index is 1.31. The molecule has 37 heavy (non-hydrogen) atoms. The molecule has 200 valence electrons. The summed E-state index contributed by atoms with van der Waals surface area (Å²) in [6, 6.07) is 8.92. The second-order valence-corrected chi connectivity index (χ2v) is 11.5. The van der Waals surface area contributed by atoms with Gasteiger partial charge in [-0.1, -0.05) is 52.0 Å². The Labute approximate surface area is 221 Å². The van der Waals surface area contributed by atoms with Crippen molar-refractivity contribution in [1.29, 1.82) is 0 Å². The summed E-state index contributed by atoms with van der Waals surface area (Å²) in [5.74, 6) is 1.05. The fourth-order valence-electron chi connectivity index (χ4n) is 5.51. The maximum Gasteiger partial charge on any atom is 0.272 e. The largest absolute Gasteiger partial charge is 0.473 e. The van der Waals surface area contributed by atoms with Gasteiger partial charge in [-0.2, -0.15) is 0 Å². The Morgan fingerprint density at radius 3 is 2.22 bits per heavy atom. The van der Waals surface area contributed by atoms with Gasteiger partial charge in [-0.15, -0.1) is 0 Å². The Bertz CT molecular complexity index is 1080. The van der Waals surface area contributed by atoms with Gasteiger partial charge in [-0.3, -0.25) is 9.59 Å². The van der Waals surface area contributed by atoms with Gasteiger partial charge in [-0.05, 0) is 62.2 Å². The van der Waals surface area contributed by atoms with Crippen molar-refractivity contribution in [3.8, 4) is 5.88 Å². The number of hydrogen-bond donors (Lipinski definition) is 0. The maximum atomic E-state index is 13.3. The van der Waals surface area contributed by atoms with Crippen LogP contribution in [0.25, 0.3) is 0 Å². The highest BCUT2D eigenvalue weighted by Gasteiger charge is 2.32. The number of ketones is 1. The van der Waals surface area contributed by atoms with Crippen LogP contribution in [-0.2, 0) is 16.8 Å². The number of Topliss-reactive ketones (excluding diaryl/α,β-unsaturated/α-hetero) is 1. The summed E-state index contributed by atoms with van der Waals surface area (Å²) in [4.78, 5) is 38.4. The number of piperidine rings is 2. The van der Waals surface area contributed by atoms with Crippen LogP contribution in [0.4, 0.5) is 0 Å². The van der Waals surface area contributed by atoms with Gasteiger partial charge >= 0.3 is 0 Å². The van der Waals surface area contributed by atoms with E-state index in [4.69, 9.17) is 4.74 Å². The molecule has 0 aliphatic carbocycles. The van der Waals surface area contributed by atoms with Crippen LogP contribution < -0.4 is 4.74 Å². The van der Waals surface area contributed by atoms with Gasteiger partial charge in [0.2, 0.25) is 5.88 Å². The molecule has 2 aliphatic rings. The number of amides is 1. The predicted molar refractivity (Wildman–Crippen MR) is 145 cm³/mol. The molecule has 1 amide bonds. The van der Waals surface area contributed by atoms with E-state index in [2.05, 4.69) is 59.9 Å². The van der Waals surface area contributed by atoms with Crippen LogP contribution in [0.15, 0.2) is 30.6 Å². The lowest BCUT2D eigenvalue weighted by molar-refractivity contribution is -0.124. The minimum Gasteiger partial charge on any atom is -0.473 e. The highest BCUT2D eigenvalue weighted by atomic mass is 16.5. The van der Waals surface area contributed by atoms with Gasteiger partial charge in [0, 0.05) is 37.0 Å². The molecule has 1 aromatic heterocycles. The summed E-state index contributed by atoms with van der Waals surface area (Å²) in [6.45, 7) is 14.2. The van der Waals surface area contributed by atoms with Crippen molar-refractivity contribution in [3.05, 3.63) is 53.0 Å². The molecule has 0 radical (unpaired) electrons. The van der Waals surface area contributed by atoms with Crippen molar-refractivity contribution in [1.82, 2.24) is 19.8 Å². The molecule has 2 aliphatic heterocycles. The average molecular weight is 507 g/mol. The molecule has 0 saturated carbocycles. The normalized spacial score (nSPS) is 18.1. The van der Waals surface area contributed by atoms with Crippen LogP contribution in [0.1, 0.15) is 87.0 Å². The molecule has 3 heterocycles. The second kappa shape index (κ2) is 11.7. The van der Waals surface area contributed by atoms with E-state index < -0.39 is 0 Å². The van der Waals surface area contributed by atoms with Crippen LogP contribution in [0.5, 0.6) is 5.88 Å². The van der Waals surface area contributed by atoms with E-state index in [0.29, 0.717) is 42.0 Å². The number of hydrogen-bond acceptors (Lipinski definition) is 6. The molecule has 2 saturated heterocycles. The quantitative estimate of drug-likeness (QED) is 0.529. The van der Waals surface area contributed by atoms with Crippen molar-refractivity contribution < 1.29 is 14.3 Å². The molecular weight excluding hydrogens is 464 g/mol. The van der Waals surface area contributed by atoms with E-state index in [9.17, 15) is 9.59 Å². The summed E-state index contributed by atoms with van der Waals surface area (Å²) >= 11 is 0. The number of carbonyl (C=O) groups excluding carboxylic acids is 2. The third kappa shape index (κ3) is 6.56. The van der Waals surface area contributed by atoms with Crippen molar-refractivity contribution in [2.24, 2.45) is 5.92 Å². The van der Waals surface area contributed by atoms with Crippen LogP contribution in [0.3, 0.4) is 0 Å². The third-order valence-electron chi connectivity index (χ3n) is 8.04. The number of aromatic nitrogens is 2. The molecule has 7 heteroatoms. The summed E-state index contributed by atoms with van der Waals surface area (Å²) in [5, 5.41) is 0. The fraction of sp³-hybridized carbons (Fsp3) is 0.600. The zero-order chi connectivity index (χ0) is 26.6. The van der Waals surface area contributed by atoms with Gasteiger partial charge in [0.15, 0.2) is 0 Å². The van der Waals surface area contributed by atoms with Gasteiger partial charge in [0.1, 0.15) is 24.4 Å². The Morgan fingerprint density at radius 1 is 0.973 bits per heavy atom. The number of likely N-dealkylation sites (tertiary alicyclic amines) is 2. The fourth-order valence-corrected chi connectivity index (χ4v) is 5.51. The Kier molecular flexibility index (Phi) is 8.63. The average Bonchev–Trinajstić information content (AvgIpc) is 2.91. The standard InChI is InChI=1S/C30H42N4O3/c1-6-26(35)23-11-15-33(16-12-23)25-13-17-34(18-14-25)29(36)27-21(2)28(32-20-31-27)37-19-22-7-9-24(10-8-22)30(3,4)5/h7-10,20,23,25H,6,11-19H2,1-5H3. The van der Waals surface area contributed by atoms with Crippen molar-refractivity contribution in [2.45, 2.75) is 84.8 Å². The lowest BCUT2D eigenvalue weighted by Crippen LogP contribution is -2.49. The van der Waals surface area contributed by atoms with E-state index >= 15 is 0 Å². The molecule has 4 rings (SSSR count). The van der Waals surface area contributed by atoms with E-state index in [1.165, 1.54) is 11.9 Å². The number of nitrogens with zero attached hydrogens (tertiary/aromatic N) is 4. The molecule has 0 N–H and O–H groups in total. The Hall–Kier alpha value is -2.80. The van der Waals surface area contributed by atoms with Crippen molar-refractivity contribution in [3.63, 3.8) is 0 Å². The number of carbonyl (C=O) groups is 2. The minimum absolute atomic E-state index is 0.0509. The molecule has 2 aromatic rings. The summed E-state index contributed by atoms with van der Waals surface area (Å²) in [6.07, 6.45) is 5.91. The molecule has 0 bridgehead atoms. The summed E-state index contributed by atoms with van der Waals surface area (Å²) < 4.78 is 6.00. The van der Waals surface area contributed by atoms with E-state index in [0.717, 1.165) is 57.4 Å². The first-order valence-electron chi connectivity index (χ1n) is 13.8. The van der Waals surface area contributed by atoms with Crippen molar-refractivity contribution >= 4 is 11.7 Å². The zero-order valence-corrected chi connectivity index (χ0v) is 23.1. The molecule has 7 nitrogen and oxygen atoms in total. The lowest BCUT2D eigenvalue weighted by atomic mass is 9.87. The third-order valence-corrected chi connectivity index (χ3v) is 8.04. The smallest absolute Gasteiger partial charge is 0.272 e. The second-order valence-electron chi connectivity index (χ2n) is 11.5. The molecule has 0 unspecified atom stereocenters. The number of rotatable bonds is 7. The monoisotopic (exact) mass is 506 g/mol. The van der Waals surface area contributed by atoms with E-state index in [1.807, 2.05) is 18.7 Å². The zero-order valence-electron chi connectivity index (χ0n) is 23.1. The molecule has 2 fully saturated rings. The van der Waals surface area contributed by atoms with Crippen LogP contribution >= 0.6 is 0 Å². The first-order chi connectivity index (χ1) is 17.7. The van der Waals surface area contributed by atoms with Crippen LogP contribution in [0.2, 0.25) is 0 Å². The van der Waals surface area contributed by atoms with Gasteiger partial charge in [0.25, 0.3) is 5.91 Å².